The van der Waals surface area contributed by atoms with Gasteiger partial charge in [0.1, 0.15) is 11.9 Å². The highest BCUT2D eigenvalue weighted by Crippen LogP contribution is 2.41. The molecule has 0 unspecified atom stereocenters. The molecule has 12 nitrogen and oxygen atoms in total. The summed E-state index contributed by atoms with van der Waals surface area (Å²) in [6, 6.07) is 37.5. The van der Waals surface area contributed by atoms with E-state index in [-0.39, 0.29) is 30.3 Å². The molecule has 326 valence electrons. The molecule has 0 aliphatic carbocycles. The molecule has 0 radical (unpaired) electrons. The smallest absolute Gasteiger partial charge is 0.407 e. The molecule has 3 amide bonds. The number of esters is 1. The van der Waals surface area contributed by atoms with Gasteiger partial charge in [0.2, 0.25) is 11.8 Å². The van der Waals surface area contributed by atoms with Gasteiger partial charge >= 0.3 is 12.1 Å². The summed E-state index contributed by atoms with van der Waals surface area (Å²) in [6.45, 7) is 5.18. The summed E-state index contributed by atoms with van der Waals surface area (Å²) in [5.41, 5.74) is 8.61. The Labute approximate surface area is 373 Å². The van der Waals surface area contributed by atoms with Gasteiger partial charge in [-0.2, -0.15) is 0 Å². The summed E-state index contributed by atoms with van der Waals surface area (Å²) in [4.78, 5) is 70.5. The maximum Gasteiger partial charge on any atom is 0.407 e. The van der Waals surface area contributed by atoms with Gasteiger partial charge in [0, 0.05) is 24.8 Å². The van der Waals surface area contributed by atoms with Crippen LogP contribution in [0.5, 0.6) is 0 Å². The number of aromatic amines is 1. The van der Waals surface area contributed by atoms with Crippen molar-refractivity contribution in [3.05, 3.63) is 144 Å². The number of H-pyrrole nitrogens is 1. The fourth-order valence-corrected chi connectivity index (χ4v) is 12.7. The first-order chi connectivity index (χ1) is 31.0. The van der Waals surface area contributed by atoms with Crippen molar-refractivity contribution in [3.8, 4) is 22.4 Å². The second kappa shape index (κ2) is 17.7. The van der Waals surface area contributed by atoms with E-state index < -0.39 is 32.1 Å². The van der Waals surface area contributed by atoms with Crippen LogP contribution in [0.15, 0.2) is 126 Å². The van der Waals surface area contributed by atoms with Gasteiger partial charge in [-0.3, -0.25) is 19.4 Å². The standard InChI is InChI=1S/C51H52N6O6Si/c1-62-46(58)28-39(33-12-7-5-8-13-33)49(59)56-25-11-16-44(56)42-27-40-38-23-21-36(26-37(38)22-24-41(40)53-42)32-17-19-34(20-18-32)43-29-52-48(54-43)45-30-64(3,4)31-57(45)50(60)47(55-51(61)63-2)35-14-9-6-10-15-35/h5-10,12-15,17-24,26,29,39,44-45,47H,11,16,25,27-28,30-31H2,1-4H3,(H,52,54)(H,55,61)/t39-,44+,45+,47-/m1/s1. The van der Waals surface area contributed by atoms with Crippen LogP contribution in [0.2, 0.25) is 19.1 Å². The third kappa shape index (κ3) is 8.47. The predicted molar refractivity (Wildman–Crippen MR) is 250 cm³/mol. The van der Waals surface area contributed by atoms with E-state index in [9.17, 15) is 19.2 Å². The van der Waals surface area contributed by atoms with Gasteiger partial charge in [0.25, 0.3) is 0 Å². The molecule has 9 rings (SSSR count). The lowest BCUT2D eigenvalue weighted by Crippen LogP contribution is -2.44. The van der Waals surface area contributed by atoms with Crippen LogP contribution in [0.4, 0.5) is 10.5 Å². The molecule has 4 heterocycles. The molecule has 3 aliphatic rings. The number of nitrogens with one attached hydrogen (secondary N) is 2. The lowest BCUT2D eigenvalue weighted by molar-refractivity contribution is -0.144. The molecule has 6 aromatic rings. The number of nitrogens with zero attached hydrogens (tertiary/aromatic N) is 4. The minimum Gasteiger partial charge on any atom is -0.469 e. The van der Waals surface area contributed by atoms with Crippen LogP contribution in [0, 0.1) is 0 Å². The number of aromatic nitrogens is 2. The Bertz CT molecular complexity index is 2760. The average molecular weight is 873 g/mol. The summed E-state index contributed by atoms with van der Waals surface area (Å²) in [7, 11) is 0.834. The number of likely N-dealkylation sites (tertiary alicyclic amines) is 1. The molecule has 0 spiro atoms. The maximum atomic E-state index is 14.3. The number of rotatable bonds is 11. The van der Waals surface area contributed by atoms with Crippen molar-refractivity contribution in [3.63, 3.8) is 0 Å². The van der Waals surface area contributed by atoms with Crippen LogP contribution in [0.1, 0.15) is 59.8 Å². The number of alkyl carbamates (subject to hydrolysis) is 1. The topological polar surface area (TPSA) is 146 Å². The number of amides is 3. The molecule has 4 atom stereocenters. The van der Waals surface area contributed by atoms with Gasteiger partial charge in [-0.1, -0.05) is 116 Å². The molecule has 2 fully saturated rings. The first-order valence-electron chi connectivity index (χ1n) is 21.9. The van der Waals surface area contributed by atoms with Crippen molar-refractivity contribution < 1.29 is 28.7 Å². The van der Waals surface area contributed by atoms with Crippen molar-refractivity contribution in [2.24, 2.45) is 4.99 Å². The second-order valence-corrected chi connectivity index (χ2v) is 22.9. The summed E-state index contributed by atoms with van der Waals surface area (Å²) < 4.78 is 9.88. The van der Waals surface area contributed by atoms with Crippen LogP contribution < -0.4 is 5.32 Å². The number of imidazole rings is 1. The van der Waals surface area contributed by atoms with Gasteiger partial charge < -0.3 is 29.6 Å². The quantitative estimate of drug-likeness (QED) is 0.0976. The minimum absolute atomic E-state index is 0.00633. The monoisotopic (exact) mass is 872 g/mol. The van der Waals surface area contributed by atoms with E-state index in [1.165, 1.54) is 19.8 Å². The summed E-state index contributed by atoms with van der Waals surface area (Å²) in [5, 5.41) is 5.03. The van der Waals surface area contributed by atoms with Gasteiger partial charge in [0.05, 0.1) is 64.3 Å². The minimum atomic E-state index is -1.82. The highest BCUT2D eigenvalue weighted by atomic mass is 28.3. The Morgan fingerprint density at radius 1 is 0.797 bits per heavy atom. The fourth-order valence-electron chi connectivity index (χ4n) is 9.80. The Morgan fingerprint density at radius 2 is 1.50 bits per heavy atom. The molecule has 13 heteroatoms. The van der Waals surface area contributed by atoms with Gasteiger partial charge in [-0.25, -0.2) is 9.78 Å². The highest BCUT2D eigenvalue weighted by Gasteiger charge is 2.46. The van der Waals surface area contributed by atoms with Crippen molar-refractivity contribution in [2.45, 2.75) is 68.9 Å². The molecule has 2 saturated heterocycles. The molecular formula is C51H52N6O6Si. The number of hydrogen-bond donors (Lipinski definition) is 2. The summed E-state index contributed by atoms with van der Waals surface area (Å²) in [5.74, 6) is -0.542. The summed E-state index contributed by atoms with van der Waals surface area (Å²) >= 11 is 0. The lowest BCUT2D eigenvalue weighted by Gasteiger charge is -2.29. The third-order valence-electron chi connectivity index (χ3n) is 13.0. The molecule has 0 saturated carbocycles. The van der Waals surface area contributed by atoms with E-state index in [0.717, 1.165) is 74.8 Å². The van der Waals surface area contributed by atoms with Crippen LogP contribution in [-0.4, -0.2) is 90.4 Å². The second-order valence-electron chi connectivity index (χ2n) is 17.8. The zero-order valence-electron chi connectivity index (χ0n) is 36.5. The van der Waals surface area contributed by atoms with E-state index in [4.69, 9.17) is 19.5 Å². The SMILES string of the molecule is COC(=O)C[C@@H](C(=O)N1CCC[C@H]1C1=Nc2ccc3cc(-c4ccc(-c5cnc([C@@H]6C[Si](C)(C)CN6C(=O)[C@H](NC(=O)OC)c6ccccc6)[nH]5)cc4)ccc3c2C1)c1ccccc1. The van der Waals surface area contributed by atoms with Crippen molar-refractivity contribution in [1.82, 2.24) is 25.1 Å². The Hall–Kier alpha value is -6.86. The van der Waals surface area contributed by atoms with Crippen LogP contribution in [0.3, 0.4) is 0 Å². The number of methoxy groups -OCH3 is 2. The molecule has 1 aromatic heterocycles. The average Bonchev–Trinajstić information content (AvgIpc) is 4.16. The Kier molecular flexibility index (Phi) is 11.8. The fraction of sp³-hybridized carbons (Fsp3) is 0.294. The Balaban J connectivity index is 0.901. The zero-order valence-corrected chi connectivity index (χ0v) is 37.5. The largest absolute Gasteiger partial charge is 0.469 e. The molecule has 64 heavy (non-hydrogen) atoms. The Morgan fingerprint density at radius 3 is 2.22 bits per heavy atom. The van der Waals surface area contributed by atoms with Gasteiger partial charge in [-0.05, 0) is 75.2 Å². The molecule has 3 aliphatic heterocycles. The van der Waals surface area contributed by atoms with Gasteiger partial charge in [0.15, 0.2) is 0 Å². The first kappa shape index (κ1) is 42.4. The number of aliphatic imine (C=N–C) groups is 1. The maximum absolute atomic E-state index is 14.3. The van der Waals surface area contributed by atoms with E-state index >= 15 is 0 Å². The van der Waals surface area contributed by atoms with E-state index in [0.29, 0.717) is 24.7 Å². The van der Waals surface area contributed by atoms with Gasteiger partial charge in [-0.15, -0.1) is 0 Å². The zero-order chi connectivity index (χ0) is 44.5. The van der Waals surface area contributed by atoms with Crippen molar-refractivity contribution >= 4 is 54.1 Å². The predicted octanol–water partition coefficient (Wildman–Crippen LogP) is 9.09. The van der Waals surface area contributed by atoms with E-state index in [1.807, 2.05) is 76.7 Å². The molecule has 5 aromatic carbocycles. The summed E-state index contributed by atoms with van der Waals surface area (Å²) in [6.07, 6.45) is 4.18. The first-order valence-corrected chi connectivity index (χ1v) is 25.3. The number of ether oxygens (including phenoxy) is 2. The van der Waals surface area contributed by atoms with Crippen molar-refractivity contribution in [1.29, 1.82) is 0 Å². The number of benzene rings is 5. The van der Waals surface area contributed by atoms with Crippen LogP contribution >= 0.6 is 0 Å². The lowest BCUT2D eigenvalue weighted by atomic mass is 9.92. The van der Waals surface area contributed by atoms with E-state index in [1.54, 1.807) is 0 Å². The number of fused-ring (bicyclic) bond motifs is 3. The van der Waals surface area contributed by atoms with Crippen molar-refractivity contribution in [2.75, 3.05) is 26.9 Å². The number of carbonyl (C=O) groups is 4. The normalized spacial score (nSPS) is 18.6. The molecule has 2 N–H and O–H groups in total. The highest BCUT2D eigenvalue weighted by molar-refractivity contribution is 6.78. The number of hydrogen-bond acceptors (Lipinski definition) is 8. The van der Waals surface area contributed by atoms with Crippen LogP contribution in [0.25, 0.3) is 33.2 Å². The third-order valence-corrected chi connectivity index (χ3v) is 15.7. The van der Waals surface area contributed by atoms with Crippen LogP contribution in [-0.2, 0) is 30.3 Å². The molecule has 0 bridgehead atoms. The number of carbonyl (C=O) groups excluding carboxylic acids is 4. The molecular weight excluding hydrogens is 821 g/mol. The van der Waals surface area contributed by atoms with E-state index in [2.05, 4.69) is 78.0 Å².